The van der Waals surface area contributed by atoms with Gasteiger partial charge in [0.2, 0.25) is 5.91 Å². The van der Waals surface area contributed by atoms with Crippen LogP contribution in [0, 0.1) is 0 Å². The lowest BCUT2D eigenvalue weighted by Crippen LogP contribution is -2.32. The molecule has 0 heterocycles. The summed E-state index contributed by atoms with van der Waals surface area (Å²) < 4.78 is 5.59. The maximum atomic E-state index is 12.2. The van der Waals surface area contributed by atoms with Crippen molar-refractivity contribution in [3.63, 3.8) is 0 Å². The number of hydrogen-bond donors (Lipinski definition) is 1. The molecule has 1 saturated carbocycles. The summed E-state index contributed by atoms with van der Waals surface area (Å²) in [5.41, 5.74) is 2.80. The van der Waals surface area contributed by atoms with E-state index in [9.17, 15) is 4.79 Å². The second-order valence-electron chi connectivity index (χ2n) is 7.87. The molecule has 2 aliphatic carbocycles. The Balaban J connectivity index is 1.43. The summed E-state index contributed by atoms with van der Waals surface area (Å²) in [5, 5.41) is 5.91. The molecule has 0 radical (unpaired) electrons. The lowest BCUT2D eigenvalue weighted by atomic mass is 9.79. The summed E-state index contributed by atoms with van der Waals surface area (Å²) in [5.74, 6) is 1.81. The summed E-state index contributed by atoms with van der Waals surface area (Å²) in [6, 6.07) is 11.3. The van der Waals surface area contributed by atoms with Crippen molar-refractivity contribution < 1.29 is 9.53 Å². The molecule has 2 aromatic carbocycles. The van der Waals surface area contributed by atoms with Crippen LogP contribution in [0.3, 0.4) is 0 Å². The van der Waals surface area contributed by atoms with Gasteiger partial charge in [0, 0.05) is 18.0 Å². The molecule has 3 heteroatoms. The van der Waals surface area contributed by atoms with Crippen LogP contribution in [0.4, 0.5) is 0 Å². The Morgan fingerprint density at radius 1 is 1.15 bits per heavy atom. The van der Waals surface area contributed by atoms with Gasteiger partial charge < -0.3 is 10.1 Å². The molecule has 4 rings (SSSR count). The van der Waals surface area contributed by atoms with E-state index < -0.39 is 0 Å². The van der Waals surface area contributed by atoms with E-state index in [2.05, 4.69) is 35.6 Å². The van der Waals surface area contributed by atoms with Gasteiger partial charge in [-0.05, 0) is 66.8 Å². The van der Waals surface area contributed by atoms with Crippen molar-refractivity contribution in [1.29, 1.82) is 0 Å². The van der Waals surface area contributed by atoms with Gasteiger partial charge in [0.1, 0.15) is 5.75 Å². The molecule has 1 N–H and O–H groups in total. The number of carbonyl (C=O) groups is 1. The Kier molecular flexibility index (Phi) is 5.14. The number of ether oxygens (including phenoxy) is 1. The molecule has 1 atom stereocenters. The van der Waals surface area contributed by atoms with E-state index >= 15 is 0 Å². The van der Waals surface area contributed by atoms with E-state index in [-0.39, 0.29) is 5.91 Å². The summed E-state index contributed by atoms with van der Waals surface area (Å²) in [7, 11) is 1.76. The van der Waals surface area contributed by atoms with Crippen LogP contribution >= 0.6 is 0 Å². The zero-order chi connectivity index (χ0) is 17.9. The Morgan fingerprint density at radius 3 is 2.81 bits per heavy atom. The Labute approximate surface area is 156 Å². The van der Waals surface area contributed by atoms with Gasteiger partial charge in [-0.25, -0.2) is 0 Å². The van der Waals surface area contributed by atoms with Gasteiger partial charge in [-0.2, -0.15) is 0 Å². The van der Waals surface area contributed by atoms with Crippen molar-refractivity contribution >= 4 is 16.7 Å². The highest BCUT2D eigenvalue weighted by molar-refractivity contribution is 5.92. The monoisotopic (exact) mass is 351 g/mol. The Bertz CT molecular complexity index is 792. The molecule has 2 aliphatic rings. The van der Waals surface area contributed by atoms with Crippen LogP contribution < -0.4 is 10.1 Å². The van der Waals surface area contributed by atoms with Gasteiger partial charge in [-0.15, -0.1) is 0 Å². The van der Waals surface area contributed by atoms with E-state index in [1.54, 1.807) is 7.11 Å². The number of amides is 1. The third-order valence-electron chi connectivity index (χ3n) is 6.22. The number of nitrogens with one attached hydrogen (secondary N) is 1. The topological polar surface area (TPSA) is 38.3 Å². The zero-order valence-electron chi connectivity index (χ0n) is 15.7. The van der Waals surface area contributed by atoms with Crippen molar-refractivity contribution in [3.05, 3.63) is 41.5 Å². The maximum Gasteiger partial charge on any atom is 0.220 e. The molecule has 1 unspecified atom stereocenters. The van der Waals surface area contributed by atoms with Gasteiger partial charge in [0.05, 0.1) is 7.11 Å². The molecule has 1 fully saturated rings. The van der Waals surface area contributed by atoms with E-state index in [4.69, 9.17) is 4.74 Å². The minimum Gasteiger partial charge on any atom is -0.496 e. The van der Waals surface area contributed by atoms with Gasteiger partial charge >= 0.3 is 0 Å². The van der Waals surface area contributed by atoms with Crippen LogP contribution in [-0.2, 0) is 11.2 Å². The predicted octanol–water partition coefficient (Wildman–Crippen LogP) is 5.11. The molecule has 0 spiro atoms. The average Bonchev–Trinajstić information content (AvgIpc) is 3.16. The van der Waals surface area contributed by atoms with Gasteiger partial charge in [-0.3, -0.25) is 4.79 Å². The normalized spacial score (nSPS) is 19.7. The van der Waals surface area contributed by atoms with Crippen LogP contribution in [0.15, 0.2) is 30.3 Å². The third kappa shape index (κ3) is 3.44. The molecular formula is C23H29NO2. The highest BCUT2D eigenvalue weighted by atomic mass is 16.5. The van der Waals surface area contributed by atoms with Gasteiger partial charge in [0.25, 0.3) is 0 Å². The van der Waals surface area contributed by atoms with E-state index in [0.29, 0.717) is 18.4 Å². The van der Waals surface area contributed by atoms with Crippen molar-refractivity contribution in [2.45, 2.75) is 69.7 Å². The van der Waals surface area contributed by atoms with E-state index in [1.807, 2.05) is 0 Å². The number of methoxy groups -OCH3 is 1. The summed E-state index contributed by atoms with van der Waals surface area (Å²) in [6.07, 6.45) is 9.79. The smallest absolute Gasteiger partial charge is 0.220 e. The minimum absolute atomic E-state index is 0.244. The standard InChI is InChI=1S/C23H29NO2/c1-26-21-15-13-17-7-4-10-19-16(12-14-20(21)23(17)19)6-5-11-22(25)24-18-8-2-3-9-18/h4,7,10,13,15-16,18H,2-3,5-6,8-9,11-12,14H2,1H3,(H,24,25). The second kappa shape index (κ2) is 7.69. The second-order valence-corrected chi connectivity index (χ2v) is 7.87. The lowest BCUT2D eigenvalue weighted by Gasteiger charge is -2.27. The fourth-order valence-electron chi connectivity index (χ4n) is 4.90. The molecule has 2 aromatic rings. The van der Waals surface area contributed by atoms with Crippen LogP contribution in [0.5, 0.6) is 5.75 Å². The molecule has 0 bridgehead atoms. The molecular weight excluding hydrogens is 322 g/mol. The summed E-state index contributed by atoms with van der Waals surface area (Å²) in [4.78, 5) is 12.2. The Hall–Kier alpha value is -2.03. The average molecular weight is 351 g/mol. The molecule has 138 valence electrons. The first-order valence-corrected chi connectivity index (χ1v) is 10.1. The number of aryl methyl sites for hydroxylation is 1. The number of carbonyl (C=O) groups excluding carboxylic acids is 1. The van der Waals surface area contributed by atoms with Crippen LogP contribution in [-0.4, -0.2) is 19.1 Å². The van der Waals surface area contributed by atoms with Gasteiger partial charge in [0.15, 0.2) is 0 Å². The lowest BCUT2D eigenvalue weighted by molar-refractivity contribution is -0.121. The predicted molar refractivity (Wildman–Crippen MR) is 106 cm³/mol. The van der Waals surface area contributed by atoms with E-state index in [0.717, 1.165) is 44.3 Å². The van der Waals surface area contributed by atoms with Crippen LogP contribution in [0.1, 0.15) is 68.4 Å². The first-order chi connectivity index (χ1) is 12.8. The Morgan fingerprint density at radius 2 is 2.00 bits per heavy atom. The number of rotatable bonds is 6. The van der Waals surface area contributed by atoms with Gasteiger partial charge in [-0.1, -0.05) is 37.1 Å². The van der Waals surface area contributed by atoms with Crippen molar-refractivity contribution in [2.24, 2.45) is 0 Å². The number of hydrogen-bond acceptors (Lipinski definition) is 2. The van der Waals surface area contributed by atoms with Crippen molar-refractivity contribution in [2.75, 3.05) is 7.11 Å². The van der Waals surface area contributed by atoms with Crippen LogP contribution in [0.25, 0.3) is 10.8 Å². The van der Waals surface area contributed by atoms with Crippen molar-refractivity contribution in [1.82, 2.24) is 5.32 Å². The van der Waals surface area contributed by atoms with E-state index in [1.165, 1.54) is 34.7 Å². The largest absolute Gasteiger partial charge is 0.496 e. The molecule has 3 nitrogen and oxygen atoms in total. The molecule has 0 saturated heterocycles. The fourth-order valence-corrected chi connectivity index (χ4v) is 4.90. The highest BCUT2D eigenvalue weighted by Crippen LogP contribution is 2.42. The molecule has 0 aliphatic heterocycles. The first kappa shape index (κ1) is 17.4. The quantitative estimate of drug-likeness (QED) is 0.785. The fraction of sp³-hybridized carbons (Fsp3) is 0.522. The molecule has 26 heavy (non-hydrogen) atoms. The molecule has 1 amide bonds. The maximum absolute atomic E-state index is 12.2. The first-order valence-electron chi connectivity index (χ1n) is 10.1. The highest BCUT2D eigenvalue weighted by Gasteiger charge is 2.24. The SMILES string of the molecule is COc1ccc2cccc3c2c1CCC3CCCC(=O)NC1CCCC1. The zero-order valence-corrected chi connectivity index (χ0v) is 15.7. The summed E-state index contributed by atoms with van der Waals surface area (Å²) in [6.45, 7) is 0. The van der Waals surface area contributed by atoms with Crippen molar-refractivity contribution in [3.8, 4) is 5.75 Å². The minimum atomic E-state index is 0.244. The third-order valence-corrected chi connectivity index (χ3v) is 6.22. The van der Waals surface area contributed by atoms with Crippen LogP contribution in [0.2, 0.25) is 0 Å². The molecule has 0 aromatic heterocycles. The number of benzene rings is 2. The summed E-state index contributed by atoms with van der Waals surface area (Å²) >= 11 is 0.